The molecule has 4 fully saturated rings. The summed E-state index contributed by atoms with van der Waals surface area (Å²) in [4.78, 5) is 2.73. The van der Waals surface area contributed by atoms with E-state index in [9.17, 15) is 0 Å². The van der Waals surface area contributed by atoms with Crippen molar-refractivity contribution in [1.82, 2.24) is 15.5 Å². The number of hydrogen-bond donors (Lipinski definition) is 3. The fourth-order valence-electron chi connectivity index (χ4n) is 6.79. The van der Waals surface area contributed by atoms with Gasteiger partial charge in [-0.15, -0.1) is 11.6 Å². The summed E-state index contributed by atoms with van der Waals surface area (Å²) in [5.74, 6) is 2.09. The second-order valence-electron chi connectivity index (χ2n) is 10.5. The highest BCUT2D eigenvalue weighted by Gasteiger charge is 2.41. The lowest BCUT2D eigenvalue weighted by atomic mass is 9.71. The maximum absolute atomic E-state index is 6.97. The predicted molar refractivity (Wildman–Crippen MR) is 125 cm³/mol. The molecule has 0 aromatic heterocycles. The van der Waals surface area contributed by atoms with Crippen molar-refractivity contribution in [1.29, 1.82) is 0 Å². The Morgan fingerprint density at radius 3 is 2.50 bits per heavy atom. The average Bonchev–Trinajstić information content (AvgIpc) is 3.26. The second kappa shape index (κ2) is 11.3. The minimum Gasteiger partial charge on any atom is -0.381 e. The van der Waals surface area contributed by atoms with Crippen molar-refractivity contribution in [2.75, 3.05) is 26.7 Å². The quantitative estimate of drug-likeness (QED) is 0.527. The van der Waals surface area contributed by atoms with Crippen LogP contribution in [0.15, 0.2) is 0 Å². The first kappa shape index (κ1) is 23.3. The van der Waals surface area contributed by atoms with Crippen LogP contribution in [-0.2, 0) is 4.74 Å². The van der Waals surface area contributed by atoms with E-state index in [1.54, 1.807) is 0 Å². The molecule has 3 aliphatic carbocycles. The van der Waals surface area contributed by atoms with Gasteiger partial charge in [0.15, 0.2) is 0 Å². The van der Waals surface area contributed by atoms with Crippen molar-refractivity contribution in [3.63, 3.8) is 0 Å². The highest BCUT2D eigenvalue weighted by Crippen LogP contribution is 2.38. The van der Waals surface area contributed by atoms with E-state index in [1.165, 1.54) is 64.2 Å². The highest BCUT2D eigenvalue weighted by molar-refractivity contribution is 6.20. The highest BCUT2D eigenvalue weighted by atomic mass is 35.5. The van der Waals surface area contributed by atoms with E-state index >= 15 is 0 Å². The molecule has 0 bridgehead atoms. The summed E-state index contributed by atoms with van der Waals surface area (Å²) in [6.45, 7) is 3.36. The molecule has 0 aromatic carbocycles. The van der Waals surface area contributed by atoms with Gasteiger partial charge in [0.1, 0.15) is 6.29 Å². The number of rotatable bonds is 7. The molecule has 4 unspecified atom stereocenters. The van der Waals surface area contributed by atoms with E-state index in [-0.39, 0.29) is 0 Å². The van der Waals surface area contributed by atoms with Gasteiger partial charge in [-0.1, -0.05) is 12.8 Å². The molecule has 4 aliphatic rings. The van der Waals surface area contributed by atoms with Crippen molar-refractivity contribution >= 4 is 11.6 Å². The van der Waals surface area contributed by atoms with Gasteiger partial charge in [-0.05, 0) is 82.0 Å². The van der Waals surface area contributed by atoms with E-state index in [2.05, 4.69) is 15.5 Å². The van der Waals surface area contributed by atoms with E-state index in [4.69, 9.17) is 22.1 Å². The van der Waals surface area contributed by atoms with E-state index < -0.39 is 0 Å². The Balaban J connectivity index is 1.32. The molecule has 0 amide bonds. The molecule has 6 heteroatoms. The maximum atomic E-state index is 6.97. The number of methoxy groups -OCH3 is 1. The molecule has 1 aliphatic heterocycles. The van der Waals surface area contributed by atoms with Crippen molar-refractivity contribution in [2.24, 2.45) is 23.5 Å². The number of hydrogen-bond acceptors (Lipinski definition) is 5. The summed E-state index contributed by atoms with van der Waals surface area (Å²) < 4.78 is 5.54. The molecule has 0 spiro atoms. The van der Waals surface area contributed by atoms with Crippen LogP contribution in [0.3, 0.4) is 0 Å². The fraction of sp³-hybridized carbons (Fsp3) is 1.00. The van der Waals surface area contributed by atoms with E-state index in [0.717, 1.165) is 38.4 Å². The number of nitrogens with one attached hydrogen (secondary N) is 2. The Morgan fingerprint density at radius 1 is 1.03 bits per heavy atom. The Kier molecular flexibility index (Phi) is 8.75. The zero-order chi connectivity index (χ0) is 20.9. The molecule has 3 saturated carbocycles. The lowest BCUT2D eigenvalue weighted by Gasteiger charge is -2.45. The molecule has 4 rings (SSSR count). The standard InChI is InChI=1S/C24H45ClN4O/c1-30-20-12-6-17(7-13-20)16-28-24-27-14-15-29(24)22-5-3-2-4-21(22)23(26)18-8-10-19(25)11-9-18/h17-24,27-28H,2-16,26H2,1H3. The molecule has 30 heavy (non-hydrogen) atoms. The molecular weight excluding hydrogens is 396 g/mol. The van der Waals surface area contributed by atoms with Gasteiger partial charge < -0.3 is 10.5 Å². The van der Waals surface area contributed by atoms with Gasteiger partial charge in [0.05, 0.1) is 6.10 Å². The van der Waals surface area contributed by atoms with Crippen molar-refractivity contribution in [3.8, 4) is 0 Å². The van der Waals surface area contributed by atoms with Gasteiger partial charge in [0.25, 0.3) is 0 Å². The zero-order valence-corrected chi connectivity index (χ0v) is 19.8. The smallest absolute Gasteiger partial charge is 0.114 e. The molecule has 174 valence electrons. The van der Waals surface area contributed by atoms with Gasteiger partial charge in [-0.2, -0.15) is 0 Å². The van der Waals surface area contributed by atoms with Crippen LogP contribution in [0.4, 0.5) is 0 Å². The summed E-state index contributed by atoms with van der Waals surface area (Å²) in [6.07, 6.45) is 15.9. The Labute approximate surface area is 189 Å². The van der Waals surface area contributed by atoms with Gasteiger partial charge in [0.2, 0.25) is 0 Å². The van der Waals surface area contributed by atoms with Gasteiger partial charge >= 0.3 is 0 Å². The van der Waals surface area contributed by atoms with Crippen LogP contribution in [0.2, 0.25) is 0 Å². The normalized spacial score (nSPS) is 42.3. The van der Waals surface area contributed by atoms with Gasteiger partial charge in [-0.25, -0.2) is 0 Å². The first-order chi connectivity index (χ1) is 14.7. The summed E-state index contributed by atoms with van der Waals surface area (Å²) in [5, 5.41) is 8.01. The third-order valence-corrected chi connectivity index (χ3v) is 9.15. The lowest BCUT2D eigenvalue weighted by Crippen LogP contribution is -2.58. The largest absolute Gasteiger partial charge is 0.381 e. The van der Waals surface area contributed by atoms with Crippen LogP contribution < -0.4 is 16.4 Å². The minimum absolute atomic E-state index is 0.321. The van der Waals surface area contributed by atoms with E-state index in [1.807, 2.05) is 7.11 Å². The maximum Gasteiger partial charge on any atom is 0.114 e. The number of nitrogens with zero attached hydrogens (tertiary/aromatic N) is 1. The van der Waals surface area contributed by atoms with Crippen LogP contribution in [0.1, 0.15) is 77.0 Å². The number of halogens is 1. The van der Waals surface area contributed by atoms with Crippen molar-refractivity contribution in [2.45, 2.75) is 107 Å². The second-order valence-corrected chi connectivity index (χ2v) is 11.1. The molecule has 4 atom stereocenters. The Hall–Kier alpha value is 0.0900. The third kappa shape index (κ3) is 5.71. The topological polar surface area (TPSA) is 62.5 Å². The molecule has 1 heterocycles. The minimum atomic E-state index is 0.321. The van der Waals surface area contributed by atoms with Crippen LogP contribution >= 0.6 is 11.6 Å². The van der Waals surface area contributed by atoms with Crippen LogP contribution in [0, 0.1) is 17.8 Å². The van der Waals surface area contributed by atoms with Crippen LogP contribution in [0.25, 0.3) is 0 Å². The molecular formula is C24H45ClN4O. The van der Waals surface area contributed by atoms with Crippen molar-refractivity contribution < 1.29 is 4.74 Å². The molecule has 0 aromatic rings. The zero-order valence-electron chi connectivity index (χ0n) is 19.0. The summed E-state index contributed by atoms with van der Waals surface area (Å²) in [7, 11) is 1.86. The van der Waals surface area contributed by atoms with Gasteiger partial charge in [-0.3, -0.25) is 15.5 Å². The van der Waals surface area contributed by atoms with Gasteiger partial charge in [0, 0.05) is 44.2 Å². The molecule has 0 radical (unpaired) electrons. The van der Waals surface area contributed by atoms with E-state index in [0.29, 0.717) is 41.7 Å². The van der Waals surface area contributed by atoms with Crippen molar-refractivity contribution in [3.05, 3.63) is 0 Å². The molecule has 4 N–H and O–H groups in total. The Morgan fingerprint density at radius 2 is 1.77 bits per heavy atom. The molecule has 5 nitrogen and oxygen atoms in total. The summed E-state index contributed by atoms with van der Waals surface area (Å²) >= 11 is 6.37. The Bertz CT molecular complexity index is 507. The molecule has 1 saturated heterocycles. The number of ether oxygens (including phenoxy) is 1. The van der Waals surface area contributed by atoms with Crippen LogP contribution in [0.5, 0.6) is 0 Å². The third-order valence-electron chi connectivity index (χ3n) is 8.71. The first-order valence-electron chi connectivity index (χ1n) is 12.8. The van der Waals surface area contributed by atoms with Crippen LogP contribution in [-0.4, -0.2) is 61.5 Å². The average molecular weight is 441 g/mol. The number of nitrogens with two attached hydrogens (primary N) is 1. The monoisotopic (exact) mass is 440 g/mol. The predicted octanol–water partition coefficient (Wildman–Crippen LogP) is 3.65. The lowest BCUT2D eigenvalue weighted by molar-refractivity contribution is 0.0381. The summed E-state index contributed by atoms with van der Waals surface area (Å²) in [5.41, 5.74) is 6.97. The number of alkyl halides is 1. The first-order valence-corrected chi connectivity index (χ1v) is 13.2. The SMILES string of the molecule is COC1CCC(CNC2NCCN2C2CCCCC2C(N)C2CCC(Cl)CC2)CC1. The fourth-order valence-corrected chi connectivity index (χ4v) is 7.04. The summed E-state index contributed by atoms with van der Waals surface area (Å²) in [6, 6.07) is 0.962.